The molecule has 0 bridgehead atoms. The van der Waals surface area contributed by atoms with E-state index in [2.05, 4.69) is 0 Å². The summed E-state index contributed by atoms with van der Waals surface area (Å²) < 4.78 is 46.4. The summed E-state index contributed by atoms with van der Waals surface area (Å²) in [4.78, 5) is 31.8. The Morgan fingerprint density at radius 3 is 1.93 bits per heavy atom. The van der Waals surface area contributed by atoms with Crippen molar-refractivity contribution in [2.24, 2.45) is 16.8 Å². The van der Waals surface area contributed by atoms with Crippen molar-refractivity contribution in [3.8, 4) is 34.5 Å². The molecule has 1 saturated heterocycles. The molecule has 0 aromatic heterocycles. The predicted octanol–water partition coefficient (Wildman–Crippen LogP) is 7.12. The number of rotatable bonds is 12. The van der Waals surface area contributed by atoms with E-state index < -0.39 is 30.0 Å². The molecule has 5 aromatic carbocycles. The lowest BCUT2D eigenvalue weighted by Crippen LogP contribution is -2.37. The molecule has 0 unspecified atom stereocenters. The molecule has 2 heterocycles. The molecule has 0 N–H and O–H groups in total. The van der Waals surface area contributed by atoms with Crippen LogP contribution in [-0.2, 0) is 25.5 Å². The second-order valence-electron chi connectivity index (χ2n) is 13.7. The average Bonchev–Trinajstić information content (AvgIpc) is 3.87. The number of ether oxygens (including phenoxy) is 8. The van der Waals surface area contributed by atoms with E-state index in [1.807, 2.05) is 109 Å². The summed E-state index contributed by atoms with van der Waals surface area (Å²) >= 11 is 0. The minimum atomic E-state index is -0.800. The summed E-state index contributed by atoms with van der Waals surface area (Å²) in [5.41, 5.74) is 5.85. The first-order chi connectivity index (χ1) is 27.4. The third-order valence-electron chi connectivity index (χ3n) is 10.6. The van der Waals surface area contributed by atoms with Gasteiger partial charge in [0.1, 0.15) is 11.9 Å². The number of cyclic esters (lactones) is 1. The van der Waals surface area contributed by atoms with Crippen molar-refractivity contribution in [1.82, 2.24) is 0 Å². The molecule has 8 rings (SSSR count). The molecule has 56 heavy (non-hydrogen) atoms. The highest BCUT2D eigenvalue weighted by Gasteiger charge is 2.54. The SMILES string of the molecule is COC(=O)[C@H](Cc1ccc(O[C@@H]2c3cc4c(cc3[C@@H](c3cc(OC)c(OC)c(OC)c3)[C@H]3C(=O)OC[C@@H]32)OCO4)cc1)N=C(c1ccccc1)c1ccccc1. The number of carbonyl (C=O) groups is 2. The number of aliphatic imine (C=N–C) groups is 1. The zero-order valence-electron chi connectivity index (χ0n) is 31.4. The van der Waals surface area contributed by atoms with E-state index in [-0.39, 0.29) is 25.3 Å². The summed E-state index contributed by atoms with van der Waals surface area (Å²) in [5.74, 6) is 1.04. The van der Waals surface area contributed by atoms with Gasteiger partial charge in [-0.15, -0.1) is 0 Å². The highest BCUT2D eigenvalue weighted by atomic mass is 16.7. The fourth-order valence-electron chi connectivity index (χ4n) is 8.00. The molecule has 1 fully saturated rings. The summed E-state index contributed by atoms with van der Waals surface area (Å²) in [6.45, 7) is 0.259. The molecule has 1 aliphatic carbocycles. The summed E-state index contributed by atoms with van der Waals surface area (Å²) in [7, 11) is 6.04. The van der Waals surface area contributed by atoms with E-state index in [0.717, 1.165) is 33.4 Å². The number of hydrogen-bond acceptors (Lipinski definition) is 11. The summed E-state index contributed by atoms with van der Waals surface area (Å²) in [5, 5.41) is 0. The van der Waals surface area contributed by atoms with Crippen LogP contribution in [0.2, 0.25) is 0 Å². The van der Waals surface area contributed by atoms with Crippen LogP contribution in [0.25, 0.3) is 0 Å². The van der Waals surface area contributed by atoms with Crippen LogP contribution < -0.4 is 28.4 Å². The second kappa shape index (κ2) is 15.7. The molecule has 0 radical (unpaired) electrons. The molecule has 2 aliphatic heterocycles. The first kappa shape index (κ1) is 36.5. The Balaban J connectivity index is 1.13. The zero-order chi connectivity index (χ0) is 38.8. The van der Waals surface area contributed by atoms with E-state index in [4.69, 9.17) is 42.9 Å². The van der Waals surface area contributed by atoms with Crippen LogP contribution in [0.3, 0.4) is 0 Å². The lowest BCUT2D eigenvalue weighted by Gasteiger charge is -2.39. The average molecular weight is 756 g/mol. The van der Waals surface area contributed by atoms with Crippen LogP contribution in [0.5, 0.6) is 34.5 Å². The molecular formula is C45H41NO10. The minimum absolute atomic E-state index is 0.0871. The molecule has 5 atom stereocenters. The maximum Gasteiger partial charge on any atom is 0.330 e. The molecule has 11 heteroatoms. The van der Waals surface area contributed by atoms with Crippen molar-refractivity contribution in [1.29, 1.82) is 0 Å². The Labute approximate surface area is 324 Å². The van der Waals surface area contributed by atoms with E-state index in [1.165, 1.54) is 7.11 Å². The number of fused-ring (bicyclic) bond motifs is 3. The van der Waals surface area contributed by atoms with Gasteiger partial charge < -0.3 is 37.9 Å². The molecule has 0 saturated carbocycles. The van der Waals surface area contributed by atoms with Crippen molar-refractivity contribution in [3.63, 3.8) is 0 Å². The third-order valence-corrected chi connectivity index (χ3v) is 10.6. The van der Waals surface area contributed by atoms with Gasteiger partial charge in [0.2, 0.25) is 12.5 Å². The van der Waals surface area contributed by atoms with Gasteiger partial charge in [-0.3, -0.25) is 9.79 Å². The Kier molecular flexibility index (Phi) is 10.2. The van der Waals surface area contributed by atoms with Crippen LogP contribution in [-0.4, -0.2) is 65.5 Å². The normalized spacial score (nSPS) is 19.5. The quantitative estimate of drug-likeness (QED) is 0.0962. The smallest absolute Gasteiger partial charge is 0.330 e. The van der Waals surface area contributed by atoms with Gasteiger partial charge in [-0.05, 0) is 53.1 Å². The molecule has 0 spiro atoms. The van der Waals surface area contributed by atoms with Gasteiger partial charge >= 0.3 is 11.9 Å². The Morgan fingerprint density at radius 2 is 1.36 bits per heavy atom. The van der Waals surface area contributed by atoms with Crippen molar-refractivity contribution >= 4 is 17.7 Å². The molecule has 5 aromatic rings. The largest absolute Gasteiger partial charge is 0.493 e. The van der Waals surface area contributed by atoms with Gasteiger partial charge in [0.25, 0.3) is 0 Å². The topological polar surface area (TPSA) is 120 Å². The molecule has 3 aliphatic rings. The molecule has 0 amide bonds. The Morgan fingerprint density at radius 1 is 0.750 bits per heavy atom. The van der Waals surface area contributed by atoms with Crippen LogP contribution in [0, 0.1) is 11.8 Å². The Bertz CT molecular complexity index is 2190. The van der Waals surface area contributed by atoms with Gasteiger partial charge in [0.05, 0.1) is 46.7 Å². The highest BCUT2D eigenvalue weighted by Crippen LogP contribution is 2.56. The zero-order valence-corrected chi connectivity index (χ0v) is 31.4. The monoisotopic (exact) mass is 755 g/mol. The van der Waals surface area contributed by atoms with E-state index in [9.17, 15) is 9.59 Å². The van der Waals surface area contributed by atoms with Crippen LogP contribution in [0.1, 0.15) is 45.4 Å². The van der Waals surface area contributed by atoms with Crippen LogP contribution >= 0.6 is 0 Å². The van der Waals surface area contributed by atoms with Gasteiger partial charge in [-0.1, -0.05) is 72.8 Å². The maximum atomic E-state index is 13.7. The number of methoxy groups -OCH3 is 4. The number of benzene rings is 5. The van der Waals surface area contributed by atoms with Crippen molar-refractivity contribution in [2.75, 3.05) is 41.8 Å². The third kappa shape index (κ3) is 6.85. The van der Waals surface area contributed by atoms with Crippen molar-refractivity contribution < 1.29 is 47.5 Å². The Hall–Kier alpha value is -6.49. The van der Waals surface area contributed by atoms with E-state index in [0.29, 0.717) is 46.6 Å². The van der Waals surface area contributed by atoms with Gasteiger partial charge in [0.15, 0.2) is 29.0 Å². The van der Waals surface area contributed by atoms with Crippen molar-refractivity contribution in [3.05, 3.63) is 143 Å². The summed E-state index contributed by atoms with van der Waals surface area (Å²) in [6, 6.07) is 34.0. The first-order valence-electron chi connectivity index (χ1n) is 18.3. The maximum absolute atomic E-state index is 13.7. The van der Waals surface area contributed by atoms with Crippen molar-refractivity contribution in [2.45, 2.75) is 24.5 Å². The fraction of sp³-hybridized carbons (Fsp3) is 0.267. The number of hydrogen-bond donors (Lipinski definition) is 0. The summed E-state index contributed by atoms with van der Waals surface area (Å²) in [6.07, 6.45) is -0.262. The minimum Gasteiger partial charge on any atom is -0.493 e. The first-order valence-corrected chi connectivity index (χ1v) is 18.3. The predicted molar refractivity (Wildman–Crippen MR) is 206 cm³/mol. The molecule has 286 valence electrons. The second-order valence-corrected chi connectivity index (χ2v) is 13.7. The highest BCUT2D eigenvalue weighted by molar-refractivity contribution is 6.13. The van der Waals surface area contributed by atoms with Crippen LogP contribution in [0.4, 0.5) is 0 Å². The van der Waals surface area contributed by atoms with Crippen LogP contribution in [0.15, 0.2) is 114 Å². The van der Waals surface area contributed by atoms with Gasteiger partial charge in [-0.25, -0.2) is 4.79 Å². The lowest BCUT2D eigenvalue weighted by molar-refractivity contribution is -0.142. The van der Waals surface area contributed by atoms with E-state index in [1.54, 1.807) is 21.3 Å². The molecular weight excluding hydrogens is 714 g/mol. The lowest BCUT2D eigenvalue weighted by atomic mass is 9.66. The standard InChI is InChI=1S/C45H41NO10/c1-49-37-20-29(21-38(50-2)43(37)51-3)39-31-22-35-36(55-25-54-35)23-32(31)42(33-24-53-45(48)40(33)39)56-30-17-15-26(16-18-30)19-34(44(47)52-4)46-41(27-11-7-5-8-12-27)28-13-9-6-10-14-28/h5-18,20-23,33-34,39-40,42H,19,24-25H2,1-4H3/t33-,34-,39+,40-,42+/m0/s1. The number of esters is 2. The number of carbonyl (C=O) groups excluding carboxylic acids is 2. The van der Waals surface area contributed by atoms with E-state index >= 15 is 0 Å². The van der Waals surface area contributed by atoms with Gasteiger partial charge in [-0.2, -0.15) is 0 Å². The number of nitrogens with zero attached hydrogens (tertiary/aromatic N) is 1. The van der Waals surface area contributed by atoms with Gasteiger partial charge in [0, 0.05) is 34.9 Å². The fourth-order valence-corrected chi connectivity index (χ4v) is 8.00. The molecule has 11 nitrogen and oxygen atoms in total.